The number of non-ortho nitro benzene ring substituents is 1. The number of aryl methyl sites for hydroxylation is 1. The zero-order valence-electron chi connectivity index (χ0n) is 15.6. The van der Waals surface area contributed by atoms with Crippen molar-refractivity contribution >= 4 is 17.6 Å². The first kappa shape index (κ1) is 19.5. The van der Waals surface area contributed by atoms with Gasteiger partial charge in [0, 0.05) is 30.8 Å². The summed E-state index contributed by atoms with van der Waals surface area (Å²) in [5.74, 6) is -0.814. The number of nitro benzene ring substituents is 1. The molecule has 0 bridgehead atoms. The Morgan fingerprint density at radius 3 is 2.46 bits per heavy atom. The first-order chi connectivity index (χ1) is 13.4. The summed E-state index contributed by atoms with van der Waals surface area (Å²) in [7, 11) is 0. The number of carboxylic acid groups (broad SMARTS) is 1. The van der Waals surface area contributed by atoms with Gasteiger partial charge in [-0.3, -0.25) is 14.9 Å². The van der Waals surface area contributed by atoms with Crippen LogP contribution in [0.2, 0.25) is 0 Å². The van der Waals surface area contributed by atoms with Crippen LogP contribution in [0.5, 0.6) is 0 Å². The van der Waals surface area contributed by atoms with Crippen molar-refractivity contribution in [2.24, 2.45) is 5.92 Å². The highest BCUT2D eigenvalue weighted by molar-refractivity contribution is 5.96. The highest BCUT2D eigenvalue weighted by Gasteiger charge is 2.26. The summed E-state index contributed by atoms with van der Waals surface area (Å²) >= 11 is 0. The maximum atomic E-state index is 12.8. The van der Waals surface area contributed by atoms with Crippen molar-refractivity contribution in [3.63, 3.8) is 0 Å². The van der Waals surface area contributed by atoms with Crippen LogP contribution in [-0.4, -0.2) is 39.9 Å². The molecule has 7 nitrogen and oxygen atoms in total. The quantitative estimate of drug-likeness (QED) is 0.628. The van der Waals surface area contributed by atoms with E-state index in [1.54, 1.807) is 30.0 Å². The van der Waals surface area contributed by atoms with Crippen molar-refractivity contribution < 1.29 is 19.6 Å². The lowest BCUT2D eigenvalue weighted by Crippen LogP contribution is -2.39. The molecule has 0 spiro atoms. The molecule has 0 saturated carbocycles. The monoisotopic (exact) mass is 382 g/mol. The van der Waals surface area contributed by atoms with Crippen LogP contribution in [0.15, 0.2) is 42.5 Å². The van der Waals surface area contributed by atoms with E-state index in [4.69, 9.17) is 0 Å². The predicted octanol–water partition coefficient (Wildman–Crippen LogP) is 3.70. The summed E-state index contributed by atoms with van der Waals surface area (Å²) in [6.45, 7) is 2.88. The Morgan fingerprint density at radius 1 is 1.14 bits per heavy atom. The van der Waals surface area contributed by atoms with Gasteiger partial charge in [-0.25, -0.2) is 4.79 Å². The summed E-state index contributed by atoms with van der Waals surface area (Å²) < 4.78 is 0. The minimum atomic E-state index is -0.927. The van der Waals surface area contributed by atoms with Gasteiger partial charge in [0.25, 0.3) is 11.6 Å². The Morgan fingerprint density at radius 2 is 1.82 bits per heavy atom. The molecule has 2 aromatic rings. The number of amides is 1. The van der Waals surface area contributed by atoms with Crippen LogP contribution < -0.4 is 0 Å². The van der Waals surface area contributed by atoms with Gasteiger partial charge in [-0.1, -0.05) is 24.3 Å². The zero-order valence-corrected chi connectivity index (χ0v) is 15.6. The average Bonchev–Trinajstić information content (AvgIpc) is 2.68. The number of carbonyl (C=O) groups is 2. The van der Waals surface area contributed by atoms with E-state index in [2.05, 4.69) is 0 Å². The number of hydrogen-bond acceptors (Lipinski definition) is 4. The number of carbonyl (C=O) groups excluding carboxylic acids is 1. The van der Waals surface area contributed by atoms with Gasteiger partial charge in [0.2, 0.25) is 0 Å². The van der Waals surface area contributed by atoms with Crippen molar-refractivity contribution in [2.75, 3.05) is 13.1 Å². The van der Waals surface area contributed by atoms with Crippen LogP contribution in [0.1, 0.15) is 44.7 Å². The highest BCUT2D eigenvalue weighted by Crippen LogP contribution is 2.26. The van der Waals surface area contributed by atoms with Gasteiger partial charge in [0.05, 0.1) is 10.5 Å². The lowest BCUT2D eigenvalue weighted by atomic mass is 9.88. The van der Waals surface area contributed by atoms with Gasteiger partial charge in [-0.05, 0) is 49.3 Å². The topological polar surface area (TPSA) is 101 Å². The van der Waals surface area contributed by atoms with Crippen molar-refractivity contribution in [1.82, 2.24) is 4.90 Å². The Hall–Kier alpha value is -3.22. The number of nitro groups is 1. The fraction of sp³-hybridized carbons (Fsp3) is 0.333. The molecule has 2 aromatic carbocycles. The van der Waals surface area contributed by atoms with Crippen molar-refractivity contribution in [1.29, 1.82) is 0 Å². The lowest BCUT2D eigenvalue weighted by molar-refractivity contribution is -0.384. The molecule has 1 saturated heterocycles. The number of hydrogen-bond donors (Lipinski definition) is 1. The number of piperidine rings is 1. The summed E-state index contributed by atoms with van der Waals surface area (Å²) in [4.78, 5) is 36.4. The molecule has 0 atom stereocenters. The molecule has 1 N–H and O–H groups in total. The normalized spacial score (nSPS) is 14.7. The molecule has 0 aliphatic carbocycles. The van der Waals surface area contributed by atoms with E-state index in [-0.39, 0.29) is 11.6 Å². The molecule has 1 amide bonds. The largest absolute Gasteiger partial charge is 0.478 e. The maximum Gasteiger partial charge on any atom is 0.335 e. The van der Waals surface area contributed by atoms with E-state index in [1.165, 1.54) is 12.1 Å². The van der Waals surface area contributed by atoms with Crippen molar-refractivity contribution in [2.45, 2.75) is 26.2 Å². The minimum Gasteiger partial charge on any atom is -0.478 e. The minimum absolute atomic E-state index is 0.0888. The van der Waals surface area contributed by atoms with Crippen LogP contribution in [-0.2, 0) is 6.42 Å². The number of likely N-dealkylation sites (tertiary alicyclic amines) is 1. The fourth-order valence-corrected chi connectivity index (χ4v) is 3.68. The van der Waals surface area contributed by atoms with Crippen LogP contribution >= 0.6 is 0 Å². The third-order valence-electron chi connectivity index (χ3n) is 5.32. The van der Waals surface area contributed by atoms with Gasteiger partial charge < -0.3 is 10.0 Å². The Kier molecular flexibility index (Phi) is 5.73. The second kappa shape index (κ2) is 8.21. The van der Waals surface area contributed by atoms with Crippen molar-refractivity contribution in [3.8, 4) is 0 Å². The van der Waals surface area contributed by atoms with Gasteiger partial charge in [-0.15, -0.1) is 0 Å². The first-order valence-corrected chi connectivity index (χ1v) is 9.22. The molecule has 28 heavy (non-hydrogen) atoms. The highest BCUT2D eigenvalue weighted by atomic mass is 16.6. The SMILES string of the molecule is Cc1ccc([N+](=O)[O-])cc1C(=O)N1CCC(Cc2ccccc2C(=O)O)CC1. The van der Waals surface area contributed by atoms with Gasteiger partial charge >= 0.3 is 5.97 Å². The van der Waals surface area contributed by atoms with Gasteiger partial charge in [0.1, 0.15) is 0 Å². The Labute approximate surface area is 162 Å². The van der Waals surface area contributed by atoms with Gasteiger partial charge in [-0.2, -0.15) is 0 Å². The lowest BCUT2D eigenvalue weighted by Gasteiger charge is -2.32. The molecule has 1 aliphatic heterocycles. The molecular weight excluding hydrogens is 360 g/mol. The number of carboxylic acids is 1. The van der Waals surface area contributed by atoms with E-state index >= 15 is 0 Å². The number of rotatable bonds is 5. The molecule has 7 heteroatoms. The molecule has 0 aromatic heterocycles. The first-order valence-electron chi connectivity index (χ1n) is 9.22. The molecule has 3 rings (SSSR count). The van der Waals surface area contributed by atoms with Crippen LogP contribution in [0.4, 0.5) is 5.69 Å². The number of nitrogens with zero attached hydrogens (tertiary/aromatic N) is 2. The van der Waals surface area contributed by atoms with E-state index < -0.39 is 10.9 Å². The molecule has 146 valence electrons. The summed E-state index contributed by atoms with van der Waals surface area (Å²) in [5.41, 5.74) is 2.13. The Balaban J connectivity index is 1.66. The zero-order chi connectivity index (χ0) is 20.3. The van der Waals surface area contributed by atoms with E-state index in [1.807, 2.05) is 12.1 Å². The molecule has 0 unspecified atom stereocenters. The van der Waals surface area contributed by atoms with Crippen LogP contribution in [0, 0.1) is 23.0 Å². The molecule has 1 fully saturated rings. The van der Waals surface area contributed by atoms with E-state index in [0.29, 0.717) is 42.1 Å². The number of aromatic carboxylic acids is 1. The summed E-state index contributed by atoms with van der Waals surface area (Å²) in [5, 5.41) is 20.3. The van der Waals surface area contributed by atoms with Crippen molar-refractivity contribution in [3.05, 3.63) is 74.8 Å². The van der Waals surface area contributed by atoms with Crippen LogP contribution in [0.3, 0.4) is 0 Å². The number of benzene rings is 2. The fourth-order valence-electron chi connectivity index (χ4n) is 3.68. The summed E-state index contributed by atoms with van der Waals surface area (Å²) in [6, 6.07) is 11.3. The molecular formula is C21H22N2O5. The Bertz CT molecular complexity index is 917. The predicted molar refractivity (Wildman–Crippen MR) is 104 cm³/mol. The molecule has 1 aliphatic rings. The second-order valence-electron chi connectivity index (χ2n) is 7.16. The molecule has 0 radical (unpaired) electrons. The van der Waals surface area contributed by atoms with E-state index in [0.717, 1.165) is 18.4 Å². The third-order valence-corrected chi connectivity index (χ3v) is 5.32. The summed E-state index contributed by atoms with van der Waals surface area (Å²) in [6.07, 6.45) is 2.21. The third kappa shape index (κ3) is 4.19. The smallest absolute Gasteiger partial charge is 0.335 e. The average molecular weight is 382 g/mol. The van der Waals surface area contributed by atoms with E-state index in [9.17, 15) is 24.8 Å². The van der Waals surface area contributed by atoms with Crippen LogP contribution in [0.25, 0.3) is 0 Å². The van der Waals surface area contributed by atoms with Gasteiger partial charge in [0.15, 0.2) is 0 Å². The second-order valence-corrected chi connectivity index (χ2v) is 7.16. The standard InChI is InChI=1S/C21H22N2O5/c1-14-6-7-17(23(27)28)13-19(14)20(24)22-10-8-15(9-11-22)12-16-4-2-3-5-18(16)21(25)26/h2-7,13,15H,8-12H2,1H3,(H,25,26). The molecule has 1 heterocycles. The maximum absolute atomic E-state index is 12.8.